The zero-order valence-electron chi connectivity index (χ0n) is 16.8. The lowest BCUT2D eigenvalue weighted by Gasteiger charge is -2.18. The van der Waals surface area contributed by atoms with Crippen LogP contribution in [0.3, 0.4) is 0 Å². The fraction of sp³-hybridized carbons (Fsp3) is 0.263. The Balaban J connectivity index is 2.32. The first-order chi connectivity index (χ1) is 13.7. The van der Waals surface area contributed by atoms with Gasteiger partial charge in [0, 0.05) is 29.8 Å². The van der Waals surface area contributed by atoms with Gasteiger partial charge in [0.25, 0.3) is 5.91 Å². The fourth-order valence-corrected chi connectivity index (χ4v) is 3.26. The molecule has 0 saturated heterocycles. The number of thioether (sulfide) groups is 1. The van der Waals surface area contributed by atoms with Crippen molar-refractivity contribution in [1.29, 1.82) is 0 Å². The molecule has 2 aromatic carbocycles. The number of benzene rings is 2. The molecule has 8 N–H and O–H groups in total. The lowest BCUT2D eigenvalue weighted by atomic mass is 9.98. The van der Waals surface area contributed by atoms with Gasteiger partial charge in [-0.3, -0.25) is 9.80 Å². The summed E-state index contributed by atoms with van der Waals surface area (Å²) in [6.07, 6.45) is 0. The largest absolute Gasteiger partial charge is 0.386 e. The summed E-state index contributed by atoms with van der Waals surface area (Å²) in [5.41, 5.74) is 3.07. The maximum atomic E-state index is 13.0. The number of amides is 1. The second-order valence-electron chi connectivity index (χ2n) is 6.82. The first-order valence-electron chi connectivity index (χ1n) is 8.74. The van der Waals surface area contributed by atoms with Gasteiger partial charge in [-0.2, -0.15) is 10.6 Å². The predicted molar refractivity (Wildman–Crippen MR) is 114 cm³/mol. The Morgan fingerprint density at radius 1 is 1.28 bits per heavy atom. The fourth-order valence-electron chi connectivity index (χ4n) is 2.47. The van der Waals surface area contributed by atoms with Crippen molar-refractivity contribution in [2.45, 2.75) is 24.3 Å². The van der Waals surface area contributed by atoms with Gasteiger partial charge in [0.05, 0.1) is 18.3 Å². The average Bonchev–Trinajstić information content (AvgIpc) is 2.66. The lowest BCUT2D eigenvalue weighted by Crippen LogP contribution is -2.75. The minimum atomic E-state index is -0.955. The molecule has 0 atom stereocenters. The zero-order valence-corrected chi connectivity index (χ0v) is 17.7. The van der Waals surface area contributed by atoms with Crippen molar-refractivity contribution in [3.8, 4) is 0 Å². The van der Waals surface area contributed by atoms with E-state index in [1.54, 1.807) is 57.3 Å². The Kier molecular flexibility index (Phi) is 7.59. The Morgan fingerprint density at radius 3 is 2.45 bits per heavy atom. The molecular weight excluding hydrogens is 392 g/mol. The van der Waals surface area contributed by atoms with Crippen molar-refractivity contribution in [1.82, 2.24) is 5.01 Å². The molecule has 0 bridgehead atoms. The van der Waals surface area contributed by atoms with E-state index in [1.165, 1.54) is 29.4 Å². The molecule has 29 heavy (non-hydrogen) atoms. The summed E-state index contributed by atoms with van der Waals surface area (Å²) in [5, 5.41) is 18.2. The smallest absolute Gasteiger partial charge is 0.257 e. The molecule has 10 heteroatoms. The van der Waals surface area contributed by atoms with Gasteiger partial charge in [-0.05, 0) is 49.4 Å². The van der Waals surface area contributed by atoms with Crippen molar-refractivity contribution in [2.24, 2.45) is 16.8 Å². The van der Waals surface area contributed by atoms with E-state index in [0.29, 0.717) is 21.3 Å². The summed E-state index contributed by atoms with van der Waals surface area (Å²) in [6, 6.07) is 12.3. The third-order valence-corrected chi connectivity index (χ3v) is 5.12. The minimum Gasteiger partial charge on any atom is -0.386 e. The molecule has 0 aliphatic heterocycles. The maximum absolute atomic E-state index is 13.0. The Hall–Kier alpha value is -2.63. The summed E-state index contributed by atoms with van der Waals surface area (Å²) < 4.78 is 0. The summed E-state index contributed by atoms with van der Waals surface area (Å²) in [4.78, 5) is 18.6. The van der Waals surface area contributed by atoms with Gasteiger partial charge in [-0.15, -0.1) is 0 Å². The molecule has 156 valence electrons. The first kappa shape index (κ1) is 22.7. The van der Waals surface area contributed by atoms with Gasteiger partial charge in [0.15, 0.2) is 5.69 Å². The highest BCUT2D eigenvalue weighted by atomic mass is 32.2. The van der Waals surface area contributed by atoms with Gasteiger partial charge in [-0.25, -0.2) is 10.7 Å². The van der Waals surface area contributed by atoms with Crippen molar-refractivity contribution in [3.63, 3.8) is 0 Å². The molecule has 0 aromatic heterocycles. The van der Waals surface area contributed by atoms with Gasteiger partial charge < -0.3 is 16.3 Å². The molecule has 0 fully saturated rings. The van der Waals surface area contributed by atoms with Gasteiger partial charge in [-0.1, -0.05) is 12.1 Å². The van der Waals surface area contributed by atoms with Crippen LogP contribution in [0.2, 0.25) is 0 Å². The van der Waals surface area contributed by atoms with E-state index in [0.717, 1.165) is 11.3 Å². The van der Waals surface area contributed by atoms with Crippen molar-refractivity contribution in [2.75, 3.05) is 19.5 Å². The molecule has 2 aromatic rings. The molecule has 0 aliphatic rings. The molecule has 9 nitrogen and oxygen atoms in total. The summed E-state index contributed by atoms with van der Waals surface area (Å²) in [6.45, 7) is 3.40. The normalized spacial score (nSPS) is 12.0. The number of hydrazone groups is 1. The van der Waals surface area contributed by atoms with Crippen LogP contribution >= 0.6 is 11.8 Å². The number of rotatable bonds is 6. The number of anilines is 1. The Labute approximate surface area is 174 Å². The molecule has 2 rings (SSSR count). The number of quaternary nitrogens is 1. The molecule has 1 amide bonds. The highest BCUT2D eigenvalue weighted by molar-refractivity contribution is 8.13. The number of carbonyl (C=O) groups excluding carboxylic acids is 1. The van der Waals surface area contributed by atoms with E-state index in [1.807, 2.05) is 6.07 Å². The SMILES string of the molecule is CO[NH2+]c1ccc(S/C(=N/N)N(C)N)c(C(=O)Nc2ccc(C(C)(C)O)cc2)c1. The topological polar surface area (TPSA) is 143 Å². The van der Waals surface area contributed by atoms with Crippen molar-refractivity contribution >= 4 is 34.2 Å². The molecule has 0 saturated carbocycles. The molecule has 0 spiro atoms. The molecule has 0 aliphatic carbocycles. The number of hydrogen-bond donors (Lipinski definition) is 5. The van der Waals surface area contributed by atoms with E-state index < -0.39 is 5.60 Å². The van der Waals surface area contributed by atoms with E-state index in [2.05, 4.69) is 10.4 Å². The van der Waals surface area contributed by atoms with Crippen LogP contribution in [0.1, 0.15) is 29.8 Å². The number of hydrazine groups is 1. The molecule has 0 radical (unpaired) electrons. The molecule has 0 heterocycles. The van der Waals surface area contributed by atoms with Crippen LogP contribution in [-0.4, -0.2) is 35.3 Å². The number of aliphatic hydroxyl groups is 1. The van der Waals surface area contributed by atoms with Crippen LogP contribution in [0.5, 0.6) is 0 Å². The van der Waals surface area contributed by atoms with Crippen molar-refractivity contribution in [3.05, 3.63) is 53.6 Å². The monoisotopic (exact) mass is 419 g/mol. The van der Waals surface area contributed by atoms with Gasteiger partial charge in [0.2, 0.25) is 5.17 Å². The minimum absolute atomic E-state index is 0.314. The highest BCUT2D eigenvalue weighted by Crippen LogP contribution is 2.27. The van der Waals surface area contributed by atoms with Gasteiger partial charge >= 0.3 is 0 Å². The van der Waals surface area contributed by atoms with E-state index in [4.69, 9.17) is 16.5 Å². The van der Waals surface area contributed by atoms with Crippen LogP contribution in [-0.2, 0) is 10.4 Å². The van der Waals surface area contributed by atoms with Crippen LogP contribution < -0.4 is 22.5 Å². The first-order valence-corrected chi connectivity index (χ1v) is 9.56. The quantitative estimate of drug-likeness (QED) is 0.118. The second kappa shape index (κ2) is 9.72. The summed E-state index contributed by atoms with van der Waals surface area (Å²) in [5.74, 6) is 10.8. The number of hydrogen-bond acceptors (Lipinski definition) is 7. The van der Waals surface area contributed by atoms with Crippen LogP contribution in [0.4, 0.5) is 11.4 Å². The van der Waals surface area contributed by atoms with E-state index >= 15 is 0 Å². The Bertz CT molecular complexity index is 879. The highest BCUT2D eigenvalue weighted by Gasteiger charge is 2.19. The number of carbonyl (C=O) groups is 1. The standard InChI is InChI=1S/C19H26N6O3S/c1-19(2,27)12-5-7-13(8-6-12)22-17(26)15-11-14(24-28-4)9-10-16(15)29-18(23-20)25(3)21/h5-11,24,27H,20-21H2,1-4H3,(H,22,26)/p+1/b23-18+. The van der Waals surface area contributed by atoms with Crippen LogP contribution in [0.25, 0.3) is 0 Å². The number of amidine groups is 1. The van der Waals surface area contributed by atoms with Gasteiger partial charge in [0.1, 0.15) is 0 Å². The second-order valence-corrected chi connectivity index (χ2v) is 7.83. The number of nitrogens with one attached hydrogen (secondary N) is 1. The third-order valence-electron chi connectivity index (χ3n) is 3.96. The number of nitrogens with zero attached hydrogens (tertiary/aromatic N) is 2. The average molecular weight is 420 g/mol. The van der Waals surface area contributed by atoms with E-state index in [9.17, 15) is 9.90 Å². The van der Waals surface area contributed by atoms with E-state index in [-0.39, 0.29) is 5.91 Å². The Morgan fingerprint density at radius 2 is 1.93 bits per heavy atom. The predicted octanol–water partition coefficient (Wildman–Crippen LogP) is 1.05. The maximum Gasteiger partial charge on any atom is 0.257 e. The zero-order chi connectivity index (χ0) is 21.6. The lowest BCUT2D eigenvalue weighted by molar-refractivity contribution is -0.830. The molecular formula is C19H27N6O3S+. The van der Waals surface area contributed by atoms with Crippen LogP contribution in [0.15, 0.2) is 52.5 Å². The summed E-state index contributed by atoms with van der Waals surface area (Å²) >= 11 is 1.17. The van der Waals surface area contributed by atoms with Crippen molar-refractivity contribution < 1.29 is 20.2 Å². The third kappa shape index (κ3) is 6.17. The molecule has 0 unspecified atom stereocenters. The summed E-state index contributed by atoms with van der Waals surface area (Å²) in [7, 11) is 3.14. The van der Waals surface area contributed by atoms with Crippen LogP contribution in [0, 0.1) is 0 Å². The number of nitrogens with two attached hydrogens (primary N) is 3.